The molecule has 0 radical (unpaired) electrons. The van der Waals surface area contributed by atoms with Crippen molar-refractivity contribution in [3.63, 3.8) is 0 Å². The van der Waals surface area contributed by atoms with Crippen molar-refractivity contribution in [1.82, 2.24) is 4.90 Å². The van der Waals surface area contributed by atoms with Gasteiger partial charge in [-0.2, -0.15) is 0 Å². The lowest BCUT2D eigenvalue weighted by Gasteiger charge is -2.31. The second kappa shape index (κ2) is 8.28. The van der Waals surface area contributed by atoms with Gasteiger partial charge in [-0.15, -0.1) is 0 Å². The largest absolute Gasteiger partial charge is 0.341 e. The minimum absolute atomic E-state index is 0.0505. The molecular formula is C21H19BrN2S. The highest BCUT2D eigenvalue weighted by atomic mass is 79.9. The van der Waals surface area contributed by atoms with Crippen molar-refractivity contribution in [2.75, 3.05) is 12.4 Å². The Hall–Kier alpha value is -2.17. The van der Waals surface area contributed by atoms with Crippen molar-refractivity contribution >= 4 is 38.9 Å². The highest BCUT2D eigenvalue weighted by Gasteiger charge is 2.21. The number of halogens is 1. The molecule has 0 spiro atoms. The van der Waals surface area contributed by atoms with E-state index in [-0.39, 0.29) is 6.04 Å². The fourth-order valence-electron chi connectivity index (χ4n) is 2.81. The van der Waals surface area contributed by atoms with E-state index < -0.39 is 0 Å². The summed E-state index contributed by atoms with van der Waals surface area (Å²) in [6.45, 7) is 0. The van der Waals surface area contributed by atoms with E-state index >= 15 is 0 Å². The van der Waals surface area contributed by atoms with E-state index in [4.69, 9.17) is 12.2 Å². The SMILES string of the molecule is CN(C(=S)Nc1cccc(Br)c1)C(c1ccccc1)c1ccccc1. The van der Waals surface area contributed by atoms with Crippen LogP contribution in [-0.4, -0.2) is 17.1 Å². The molecule has 25 heavy (non-hydrogen) atoms. The summed E-state index contributed by atoms with van der Waals surface area (Å²) in [6.07, 6.45) is 0. The first-order valence-corrected chi connectivity index (χ1v) is 9.24. The van der Waals surface area contributed by atoms with E-state index in [2.05, 4.69) is 74.7 Å². The van der Waals surface area contributed by atoms with Crippen molar-refractivity contribution in [3.8, 4) is 0 Å². The van der Waals surface area contributed by atoms with E-state index in [1.807, 2.05) is 43.4 Å². The van der Waals surface area contributed by atoms with Crippen molar-refractivity contribution < 1.29 is 0 Å². The third-order valence-electron chi connectivity index (χ3n) is 4.01. The Kier molecular flexibility index (Phi) is 5.84. The highest BCUT2D eigenvalue weighted by Crippen LogP contribution is 2.28. The van der Waals surface area contributed by atoms with Crippen LogP contribution in [0.3, 0.4) is 0 Å². The van der Waals surface area contributed by atoms with Gasteiger partial charge >= 0.3 is 0 Å². The highest BCUT2D eigenvalue weighted by molar-refractivity contribution is 9.10. The third-order valence-corrected chi connectivity index (χ3v) is 4.90. The van der Waals surface area contributed by atoms with Crippen LogP contribution in [0.5, 0.6) is 0 Å². The Labute approximate surface area is 162 Å². The molecule has 2 nitrogen and oxygen atoms in total. The lowest BCUT2D eigenvalue weighted by atomic mass is 9.98. The second-order valence-corrected chi connectivity index (χ2v) is 7.08. The molecule has 0 unspecified atom stereocenters. The Morgan fingerprint density at radius 1 is 0.880 bits per heavy atom. The lowest BCUT2D eigenvalue weighted by molar-refractivity contribution is 0.434. The van der Waals surface area contributed by atoms with Crippen molar-refractivity contribution in [1.29, 1.82) is 0 Å². The summed E-state index contributed by atoms with van der Waals surface area (Å²) >= 11 is 9.17. The Bertz CT molecular complexity index is 797. The molecular weight excluding hydrogens is 392 g/mol. The minimum atomic E-state index is 0.0505. The van der Waals surface area contributed by atoms with Crippen LogP contribution in [0, 0.1) is 0 Å². The van der Waals surface area contributed by atoms with Crippen LogP contribution in [0.2, 0.25) is 0 Å². The van der Waals surface area contributed by atoms with E-state index in [0.717, 1.165) is 10.2 Å². The van der Waals surface area contributed by atoms with Crippen molar-refractivity contribution in [3.05, 3.63) is 101 Å². The molecule has 3 rings (SSSR count). The topological polar surface area (TPSA) is 15.3 Å². The molecule has 126 valence electrons. The number of hydrogen-bond acceptors (Lipinski definition) is 1. The number of nitrogens with one attached hydrogen (secondary N) is 1. The lowest BCUT2D eigenvalue weighted by Crippen LogP contribution is -2.35. The van der Waals surface area contributed by atoms with Crippen LogP contribution >= 0.6 is 28.1 Å². The molecule has 0 fully saturated rings. The summed E-state index contributed by atoms with van der Waals surface area (Å²) in [4.78, 5) is 2.10. The predicted octanol–water partition coefficient (Wildman–Crippen LogP) is 5.87. The van der Waals surface area contributed by atoms with Gasteiger partial charge in [0, 0.05) is 17.2 Å². The number of hydrogen-bond donors (Lipinski definition) is 1. The number of anilines is 1. The van der Waals surface area contributed by atoms with Crippen molar-refractivity contribution in [2.24, 2.45) is 0 Å². The van der Waals surface area contributed by atoms with Crippen LogP contribution in [0.15, 0.2) is 89.4 Å². The Morgan fingerprint density at radius 3 is 1.96 bits per heavy atom. The van der Waals surface area contributed by atoms with Gasteiger partial charge in [0.05, 0.1) is 6.04 Å². The molecule has 0 amide bonds. The molecule has 0 aliphatic rings. The molecule has 0 aliphatic carbocycles. The number of benzene rings is 3. The van der Waals surface area contributed by atoms with Gasteiger partial charge in [-0.3, -0.25) is 0 Å². The summed E-state index contributed by atoms with van der Waals surface area (Å²) in [5.41, 5.74) is 3.37. The van der Waals surface area contributed by atoms with Crippen LogP contribution < -0.4 is 5.32 Å². The van der Waals surface area contributed by atoms with Gasteiger partial charge in [0.1, 0.15) is 0 Å². The maximum atomic E-state index is 5.68. The Balaban J connectivity index is 1.89. The quantitative estimate of drug-likeness (QED) is 0.541. The predicted molar refractivity (Wildman–Crippen MR) is 113 cm³/mol. The van der Waals surface area contributed by atoms with E-state index in [9.17, 15) is 0 Å². The molecule has 0 aliphatic heterocycles. The average molecular weight is 411 g/mol. The maximum absolute atomic E-state index is 5.68. The standard InChI is InChI=1S/C21H19BrN2S/c1-24(21(25)23-19-14-8-13-18(22)15-19)20(16-9-4-2-5-10-16)17-11-6-3-7-12-17/h2-15,20H,1H3,(H,23,25). The van der Waals surface area contributed by atoms with Gasteiger partial charge in [0.2, 0.25) is 0 Å². The maximum Gasteiger partial charge on any atom is 0.173 e. The summed E-state index contributed by atoms with van der Waals surface area (Å²) in [5, 5.41) is 4.01. The number of rotatable bonds is 4. The second-order valence-electron chi connectivity index (χ2n) is 5.78. The normalized spacial score (nSPS) is 10.5. The zero-order valence-electron chi connectivity index (χ0n) is 13.9. The van der Waals surface area contributed by atoms with Crippen LogP contribution in [0.25, 0.3) is 0 Å². The molecule has 0 aromatic heterocycles. The van der Waals surface area contributed by atoms with Gasteiger partial charge in [-0.25, -0.2) is 0 Å². The molecule has 1 N–H and O–H groups in total. The zero-order valence-corrected chi connectivity index (χ0v) is 16.3. The van der Waals surface area contributed by atoms with E-state index in [1.54, 1.807) is 0 Å². The zero-order chi connectivity index (χ0) is 17.6. The van der Waals surface area contributed by atoms with Gasteiger partial charge in [0.25, 0.3) is 0 Å². The van der Waals surface area contributed by atoms with Crippen LogP contribution in [-0.2, 0) is 0 Å². The molecule has 0 saturated carbocycles. The molecule has 4 heteroatoms. The third kappa shape index (κ3) is 4.47. The summed E-state index contributed by atoms with van der Waals surface area (Å²) < 4.78 is 1.02. The van der Waals surface area contributed by atoms with E-state index in [0.29, 0.717) is 5.11 Å². The molecule has 3 aromatic carbocycles. The van der Waals surface area contributed by atoms with E-state index in [1.165, 1.54) is 11.1 Å². The first-order valence-electron chi connectivity index (χ1n) is 8.04. The molecule has 0 saturated heterocycles. The molecule has 0 heterocycles. The van der Waals surface area contributed by atoms with Gasteiger partial charge in [-0.05, 0) is 41.5 Å². The van der Waals surface area contributed by atoms with Gasteiger partial charge in [-0.1, -0.05) is 82.7 Å². The summed E-state index contributed by atoms with van der Waals surface area (Å²) in [6, 6.07) is 28.9. The van der Waals surface area contributed by atoms with Crippen LogP contribution in [0.4, 0.5) is 5.69 Å². The monoisotopic (exact) mass is 410 g/mol. The number of nitrogens with zero attached hydrogens (tertiary/aromatic N) is 1. The first kappa shape index (κ1) is 17.6. The van der Waals surface area contributed by atoms with Crippen LogP contribution in [0.1, 0.15) is 17.2 Å². The van der Waals surface area contributed by atoms with Crippen molar-refractivity contribution in [2.45, 2.75) is 6.04 Å². The molecule has 0 bridgehead atoms. The first-order chi connectivity index (χ1) is 12.1. The fourth-order valence-corrected chi connectivity index (χ4v) is 3.43. The van der Waals surface area contributed by atoms with Gasteiger partial charge in [0.15, 0.2) is 5.11 Å². The molecule has 0 atom stereocenters. The average Bonchev–Trinajstić information content (AvgIpc) is 2.63. The summed E-state index contributed by atoms with van der Waals surface area (Å²) in [7, 11) is 2.03. The number of thiocarbonyl (C=S) groups is 1. The Morgan fingerprint density at radius 2 is 1.44 bits per heavy atom. The fraction of sp³-hybridized carbons (Fsp3) is 0.0952. The molecule has 3 aromatic rings. The van der Waals surface area contributed by atoms with Gasteiger partial charge < -0.3 is 10.2 Å². The summed E-state index contributed by atoms with van der Waals surface area (Å²) in [5.74, 6) is 0. The minimum Gasteiger partial charge on any atom is -0.341 e. The smallest absolute Gasteiger partial charge is 0.173 e.